The zero-order valence-electron chi connectivity index (χ0n) is 36.8. The van der Waals surface area contributed by atoms with Crippen LogP contribution in [0.1, 0.15) is 5.56 Å². The van der Waals surface area contributed by atoms with E-state index in [-0.39, 0.29) is 0 Å². The maximum Gasteiger partial charge on any atom is 0.159 e. The van der Waals surface area contributed by atoms with Crippen molar-refractivity contribution in [1.29, 1.82) is 0 Å². The summed E-state index contributed by atoms with van der Waals surface area (Å²) in [7, 11) is -2.44. The van der Waals surface area contributed by atoms with Crippen molar-refractivity contribution in [2.24, 2.45) is 0 Å². The minimum atomic E-state index is -1.60. The number of fused-ring (bicyclic) bond motifs is 6. The number of rotatable bonds is 9. The van der Waals surface area contributed by atoms with Gasteiger partial charge in [-0.15, -0.1) is 0 Å². The lowest BCUT2D eigenvalue weighted by molar-refractivity contribution is 0.669. The van der Waals surface area contributed by atoms with Gasteiger partial charge in [0, 0.05) is 57.9 Å². The molecule has 0 amide bonds. The average Bonchev–Trinajstić information content (AvgIpc) is 3.89. The minimum absolute atomic E-state index is 0.835. The Labute approximate surface area is 375 Å². The molecule has 64 heavy (non-hydrogen) atoms. The van der Waals surface area contributed by atoms with E-state index in [2.05, 4.69) is 225 Å². The van der Waals surface area contributed by atoms with E-state index in [0.29, 0.717) is 0 Å². The van der Waals surface area contributed by atoms with Crippen LogP contribution in [0.4, 0.5) is 34.1 Å². The molecule has 10 aromatic carbocycles. The van der Waals surface area contributed by atoms with Crippen LogP contribution < -0.4 is 15.0 Å². The van der Waals surface area contributed by atoms with Crippen LogP contribution in [0, 0.1) is 0 Å². The molecule has 0 saturated heterocycles. The first-order valence-corrected chi connectivity index (χ1v) is 29.1. The molecule has 0 atom stereocenters. The molecule has 2 heterocycles. The summed E-state index contributed by atoms with van der Waals surface area (Å²) in [5.74, 6) is 0. The molecule has 2 aromatic heterocycles. The van der Waals surface area contributed by atoms with E-state index in [4.69, 9.17) is 8.83 Å². The van der Waals surface area contributed by atoms with E-state index in [9.17, 15) is 0 Å². The maximum atomic E-state index is 6.89. The lowest BCUT2D eigenvalue weighted by atomic mass is 9.91. The fraction of sp³-hybridized carbons (Fsp3) is 0.103. The monoisotopic (exact) mass is 860 g/mol. The van der Waals surface area contributed by atoms with Gasteiger partial charge in [-0.05, 0) is 76.8 Å². The van der Waals surface area contributed by atoms with E-state index >= 15 is 0 Å². The Morgan fingerprint density at radius 2 is 0.891 bits per heavy atom. The van der Waals surface area contributed by atoms with E-state index in [1.165, 1.54) is 43.1 Å². The molecule has 0 radical (unpaired) electrons. The van der Waals surface area contributed by atoms with Gasteiger partial charge in [-0.25, -0.2) is 0 Å². The molecule has 0 bridgehead atoms. The second-order valence-corrected chi connectivity index (χ2v) is 27.1. The Balaban J connectivity index is 1.22. The number of hydrogen-bond donors (Lipinski definition) is 0. The zero-order chi connectivity index (χ0) is 43.3. The fourth-order valence-electron chi connectivity index (χ4n) is 10.2. The zero-order valence-corrected chi connectivity index (χ0v) is 39.0. The normalized spacial score (nSPS) is 12.3. The molecule has 0 aliphatic carbocycles. The van der Waals surface area contributed by atoms with Crippen LogP contribution in [0.25, 0.3) is 76.2 Å². The van der Waals surface area contributed by atoms with Crippen molar-refractivity contribution in [2.75, 3.05) is 9.80 Å². The molecule has 310 valence electrons. The van der Waals surface area contributed by atoms with Crippen LogP contribution in [-0.4, -0.2) is 16.9 Å². The van der Waals surface area contributed by atoms with Crippen LogP contribution in [0.15, 0.2) is 191 Å². The summed E-state index contributed by atoms with van der Waals surface area (Å²) in [4.78, 5) is 4.90. The highest BCUT2D eigenvalue weighted by molar-refractivity contribution is 6.88. The summed E-state index contributed by atoms with van der Waals surface area (Å²) in [6.07, 6.45) is 0. The maximum absolute atomic E-state index is 6.89. The molecule has 0 aliphatic rings. The van der Waals surface area contributed by atoms with Crippen molar-refractivity contribution in [3.8, 4) is 0 Å². The average molecular weight is 861 g/mol. The van der Waals surface area contributed by atoms with Crippen molar-refractivity contribution >= 4 is 132 Å². The minimum Gasteiger partial charge on any atom is -0.454 e. The highest BCUT2D eigenvalue weighted by Gasteiger charge is 2.28. The van der Waals surface area contributed by atoms with Crippen molar-refractivity contribution < 1.29 is 8.83 Å². The first-order chi connectivity index (χ1) is 31.2. The third kappa shape index (κ3) is 6.15. The third-order valence-corrected chi connectivity index (χ3v) is 16.5. The predicted molar refractivity (Wildman–Crippen MR) is 280 cm³/mol. The molecule has 0 fully saturated rings. The molecular weight excluding hydrogens is 813 g/mol. The van der Waals surface area contributed by atoms with Gasteiger partial charge in [0.1, 0.15) is 11.2 Å². The van der Waals surface area contributed by atoms with Gasteiger partial charge in [0.05, 0.1) is 30.8 Å². The Morgan fingerprint density at radius 3 is 1.39 bits per heavy atom. The second kappa shape index (κ2) is 14.7. The topological polar surface area (TPSA) is 32.8 Å². The van der Waals surface area contributed by atoms with Gasteiger partial charge in [-0.1, -0.05) is 171 Å². The second-order valence-electron chi connectivity index (χ2n) is 18.8. The molecule has 4 nitrogen and oxygen atoms in total. The van der Waals surface area contributed by atoms with Gasteiger partial charge in [0.2, 0.25) is 0 Å². The largest absolute Gasteiger partial charge is 0.454 e. The number of benzene rings is 10. The van der Waals surface area contributed by atoms with Gasteiger partial charge >= 0.3 is 0 Å². The first-order valence-electron chi connectivity index (χ1n) is 22.5. The lowest BCUT2D eigenvalue weighted by Gasteiger charge is -2.32. The van der Waals surface area contributed by atoms with Crippen molar-refractivity contribution in [3.05, 3.63) is 188 Å². The standard InChI is InChI=1S/C58H48N2O2Si2/c1-63(2)36-37-23-27-40(28-24-37)59(49-19-11-17-45-43-15-6-8-21-53(43)61-57(45)49)51-35-52(48-34-26-39-14-10-13-38-25-33-47(51)56(48)55(38)39)60(41-29-31-42(32-30-41)64(3,4)5)50-20-12-18-46-44-16-7-9-22-54(44)62-58(46)50/h6-35,63H,36H2,1-5H3. The molecule has 0 N–H and O–H groups in total. The van der Waals surface area contributed by atoms with Gasteiger partial charge in [0.15, 0.2) is 11.2 Å². The van der Waals surface area contributed by atoms with E-state index in [1.807, 2.05) is 0 Å². The highest BCUT2D eigenvalue weighted by Crippen LogP contribution is 2.52. The molecular formula is C58H48N2O2Si2. The van der Waals surface area contributed by atoms with E-state index < -0.39 is 16.9 Å². The third-order valence-electron chi connectivity index (χ3n) is 13.2. The Kier molecular flexibility index (Phi) is 8.87. The molecule has 0 spiro atoms. The van der Waals surface area contributed by atoms with Crippen LogP contribution >= 0.6 is 0 Å². The fourth-order valence-corrected chi connectivity index (χ4v) is 12.5. The van der Waals surface area contributed by atoms with Gasteiger partial charge < -0.3 is 18.6 Å². The summed E-state index contributed by atoms with van der Waals surface area (Å²) in [6, 6.07) is 68.1. The van der Waals surface area contributed by atoms with Gasteiger partial charge in [-0.2, -0.15) is 0 Å². The van der Waals surface area contributed by atoms with Crippen LogP contribution in [0.5, 0.6) is 0 Å². The van der Waals surface area contributed by atoms with Crippen LogP contribution in [0.2, 0.25) is 32.7 Å². The number of nitrogens with zero attached hydrogens (tertiary/aromatic N) is 2. The Bertz CT molecular complexity index is 3710. The number of hydrogen-bond acceptors (Lipinski definition) is 4. The lowest BCUT2D eigenvalue weighted by Crippen LogP contribution is -2.37. The van der Waals surface area contributed by atoms with Crippen molar-refractivity contribution in [3.63, 3.8) is 0 Å². The molecule has 0 aliphatic heterocycles. The summed E-state index contributed by atoms with van der Waals surface area (Å²) in [5, 5.41) is 13.1. The number of anilines is 6. The van der Waals surface area contributed by atoms with Crippen LogP contribution in [-0.2, 0) is 6.04 Å². The predicted octanol–water partition coefficient (Wildman–Crippen LogP) is 16.4. The molecule has 0 unspecified atom stereocenters. The summed E-state index contributed by atoms with van der Waals surface area (Å²) < 4.78 is 13.8. The summed E-state index contributed by atoms with van der Waals surface area (Å²) >= 11 is 0. The quantitative estimate of drug-likeness (QED) is 0.107. The highest BCUT2D eigenvalue weighted by atomic mass is 28.3. The van der Waals surface area contributed by atoms with Crippen LogP contribution in [0.3, 0.4) is 0 Å². The van der Waals surface area contributed by atoms with Gasteiger partial charge in [0.25, 0.3) is 0 Å². The Hall–Kier alpha value is -7.13. The van der Waals surface area contributed by atoms with E-state index in [0.717, 1.165) is 84.0 Å². The molecule has 0 saturated carbocycles. The summed E-state index contributed by atoms with van der Waals surface area (Å²) in [5.41, 5.74) is 11.1. The number of para-hydroxylation sites is 4. The molecule has 12 aromatic rings. The first kappa shape index (κ1) is 38.5. The summed E-state index contributed by atoms with van der Waals surface area (Å²) in [6.45, 7) is 12.1. The number of furan rings is 2. The SMILES string of the molecule is C[SiH](C)Cc1ccc(N(c2cc(N(c3ccc([Si](C)(C)C)cc3)c3cccc4c3oc3ccccc34)c3ccc4cccc5ccc2c3c54)c2cccc3c2oc2ccccc23)cc1. The molecule has 6 heteroatoms. The van der Waals surface area contributed by atoms with Crippen molar-refractivity contribution in [1.82, 2.24) is 0 Å². The smallest absolute Gasteiger partial charge is 0.159 e. The van der Waals surface area contributed by atoms with E-state index in [1.54, 1.807) is 0 Å². The van der Waals surface area contributed by atoms with Gasteiger partial charge in [-0.3, -0.25) is 0 Å². The molecule has 12 rings (SSSR count). The van der Waals surface area contributed by atoms with Crippen molar-refractivity contribution in [2.45, 2.75) is 38.8 Å². The Morgan fingerprint density at radius 1 is 0.422 bits per heavy atom.